The van der Waals surface area contributed by atoms with Gasteiger partial charge in [0, 0.05) is 11.5 Å². The molecule has 0 amide bonds. The van der Waals surface area contributed by atoms with Gasteiger partial charge in [-0.3, -0.25) is 0 Å². The van der Waals surface area contributed by atoms with Gasteiger partial charge in [0.25, 0.3) is 0 Å². The topological polar surface area (TPSA) is 26.3 Å². The summed E-state index contributed by atoms with van der Waals surface area (Å²) in [5.74, 6) is -0.221. The van der Waals surface area contributed by atoms with Crippen LogP contribution >= 0.6 is 0 Å². The number of ether oxygens (including phenoxy) is 1. The highest BCUT2D eigenvalue weighted by atomic mass is 16.5. The molecule has 0 aliphatic heterocycles. The molecule has 2 nitrogen and oxygen atoms in total. The highest BCUT2D eigenvalue weighted by molar-refractivity contribution is 5.81. The van der Waals surface area contributed by atoms with Crippen LogP contribution in [0.15, 0.2) is 12.2 Å². The van der Waals surface area contributed by atoms with E-state index in [-0.39, 0.29) is 11.4 Å². The molecule has 0 aliphatic rings. The molecule has 1 atom stereocenters. The van der Waals surface area contributed by atoms with E-state index in [1.807, 2.05) is 6.92 Å². The maximum atomic E-state index is 11.3. The van der Waals surface area contributed by atoms with Gasteiger partial charge in [0.05, 0.1) is 6.61 Å². The van der Waals surface area contributed by atoms with Crippen LogP contribution in [0.1, 0.15) is 59.8 Å². The molecule has 0 radical (unpaired) electrons. The van der Waals surface area contributed by atoms with Crippen molar-refractivity contribution in [2.45, 2.75) is 59.8 Å². The van der Waals surface area contributed by atoms with E-state index in [0.29, 0.717) is 6.61 Å². The van der Waals surface area contributed by atoms with Crippen molar-refractivity contribution in [3.05, 3.63) is 12.2 Å². The number of rotatable bonds is 8. The van der Waals surface area contributed by atoms with Gasteiger partial charge in [-0.2, -0.15) is 0 Å². The lowest BCUT2D eigenvalue weighted by molar-refractivity contribution is -0.141. The van der Waals surface area contributed by atoms with E-state index in [0.717, 1.165) is 19.3 Å². The first kappa shape index (κ1) is 15.2. The van der Waals surface area contributed by atoms with E-state index in [9.17, 15) is 4.79 Å². The average Bonchev–Trinajstić information content (AvgIpc) is 2.25. The molecule has 0 saturated heterocycles. The van der Waals surface area contributed by atoms with Crippen molar-refractivity contribution < 1.29 is 9.53 Å². The molecule has 0 N–H and O–H groups in total. The molecule has 0 bridgehead atoms. The van der Waals surface area contributed by atoms with Crippen molar-refractivity contribution in [2.24, 2.45) is 5.41 Å². The van der Waals surface area contributed by atoms with Gasteiger partial charge in [-0.1, -0.05) is 46.1 Å². The number of allylic oxidation sites excluding steroid dienone is 1. The van der Waals surface area contributed by atoms with Gasteiger partial charge in [-0.15, -0.1) is 0 Å². The summed E-state index contributed by atoms with van der Waals surface area (Å²) in [7, 11) is 0. The van der Waals surface area contributed by atoms with Crippen molar-refractivity contribution in [3.63, 3.8) is 0 Å². The minimum atomic E-state index is -0.221. The normalized spacial score (nSPS) is 15.0. The van der Waals surface area contributed by atoms with Crippen molar-refractivity contribution in [2.75, 3.05) is 6.61 Å². The van der Waals surface area contributed by atoms with Crippen molar-refractivity contribution >= 4 is 5.97 Å². The number of unbranched alkanes of at least 4 members (excludes halogenated alkanes) is 1. The first-order chi connectivity index (χ1) is 7.58. The fourth-order valence-electron chi connectivity index (χ4n) is 1.91. The Bertz CT molecular complexity index is 221. The number of carbonyl (C=O) groups is 1. The molecule has 0 saturated carbocycles. The van der Waals surface area contributed by atoms with Gasteiger partial charge in [0.15, 0.2) is 0 Å². The van der Waals surface area contributed by atoms with E-state index in [1.165, 1.54) is 18.9 Å². The second-order valence-corrected chi connectivity index (χ2v) is 4.77. The van der Waals surface area contributed by atoms with Crippen molar-refractivity contribution in [1.82, 2.24) is 0 Å². The van der Waals surface area contributed by atoms with Gasteiger partial charge in [0.1, 0.15) is 0 Å². The minimum Gasteiger partial charge on any atom is -0.462 e. The van der Waals surface area contributed by atoms with Crippen LogP contribution in [0, 0.1) is 5.41 Å². The monoisotopic (exact) mass is 226 g/mol. The summed E-state index contributed by atoms with van der Waals surface area (Å²) in [4.78, 5) is 11.3. The first-order valence-electron chi connectivity index (χ1n) is 6.37. The van der Waals surface area contributed by atoms with Crippen LogP contribution in [0.3, 0.4) is 0 Å². The van der Waals surface area contributed by atoms with Crippen LogP contribution in [0.25, 0.3) is 0 Å². The predicted molar refractivity (Wildman–Crippen MR) is 68.3 cm³/mol. The third-order valence-electron chi connectivity index (χ3n) is 2.85. The number of carbonyl (C=O) groups excluding carboxylic acids is 1. The molecule has 2 heteroatoms. The van der Waals surface area contributed by atoms with Crippen LogP contribution in [-0.4, -0.2) is 12.6 Å². The number of esters is 1. The quantitative estimate of drug-likeness (QED) is 0.460. The Morgan fingerprint density at radius 3 is 2.44 bits per heavy atom. The Morgan fingerprint density at radius 2 is 1.94 bits per heavy atom. The highest BCUT2D eigenvalue weighted by Gasteiger charge is 2.24. The third-order valence-corrected chi connectivity index (χ3v) is 2.85. The second kappa shape index (κ2) is 8.37. The fraction of sp³-hybridized carbons (Fsp3) is 0.786. The van der Waals surface area contributed by atoms with E-state index in [2.05, 4.69) is 20.8 Å². The molecule has 0 heterocycles. The maximum absolute atomic E-state index is 11.3. The zero-order valence-corrected chi connectivity index (χ0v) is 11.2. The molecule has 0 aromatic carbocycles. The molecule has 0 aromatic rings. The minimum absolute atomic E-state index is 0.155. The summed E-state index contributed by atoms with van der Waals surface area (Å²) in [6.07, 6.45) is 9.00. The van der Waals surface area contributed by atoms with E-state index in [4.69, 9.17) is 4.74 Å². The molecule has 94 valence electrons. The summed E-state index contributed by atoms with van der Waals surface area (Å²) in [5, 5.41) is 0. The Labute approximate surface area is 100 Å². The smallest absolute Gasteiger partial charge is 0.330 e. The standard InChI is InChI=1S/C14H26O2/c1-5-8-11-14(4,10-7-3)12-16-13(15)9-6-2/h6,9H,5,7-8,10-12H2,1-4H3/b9-6+. The summed E-state index contributed by atoms with van der Waals surface area (Å²) < 4.78 is 5.27. The Kier molecular flexibility index (Phi) is 7.96. The molecule has 0 aromatic heterocycles. The average molecular weight is 226 g/mol. The first-order valence-corrected chi connectivity index (χ1v) is 6.37. The maximum Gasteiger partial charge on any atom is 0.330 e. The fourth-order valence-corrected chi connectivity index (χ4v) is 1.91. The van der Waals surface area contributed by atoms with E-state index < -0.39 is 0 Å². The van der Waals surface area contributed by atoms with Crippen LogP contribution in [0.4, 0.5) is 0 Å². The molecule has 1 unspecified atom stereocenters. The molecular weight excluding hydrogens is 200 g/mol. The lowest BCUT2D eigenvalue weighted by Crippen LogP contribution is -2.24. The van der Waals surface area contributed by atoms with Crippen LogP contribution < -0.4 is 0 Å². The van der Waals surface area contributed by atoms with Gasteiger partial charge >= 0.3 is 5.97 Å². The molecule has 0 aliphatic carbocycles. The number of hydrogen-bond donors (Lipinski definition) is 0. The number of hydrogen-bond acceptors (Lipinski definition) is 2. The van der Waals surface area contributed by atoms with E-state index in [1.54, 1.807) is 6.08 Å². The molecular formula is C14H26O2. The van der Waals surface area contributed by atoms with Gasteiger partial charge < -0.3 is 4.74 Å². The SMILES string of the molecule is C/C=C/C(=O)OCC(C)(CCC)CCCC. The Hall–Kier alpha value is -0.790. The Morgan fingerprint density at radius 1 is 1.25 bits per heavy atom. The van der Waals surface area contributed by atoms with Gasteiger partial charge in [-0.25, -0.2) is 4.79 Å². The van der Waals surface area contributed by atoms with Crippen molar-refractivity contribution in [3.8, 4) is 0 Å². The third kappa shape index (κ3) is 6.65. The molecule has 16 heavy (non-hydrogen) atoms. The summed E-state index contributed by atoms with van der Waals surface area (Å²) in [6.45, 7) is 8.96. The largest absolute Gasteiger partial charge is 0.462 e. The zero-order chi connectivity index (χ0) is 12.4. The van der Waals surface area contributed by atoms with E-state index >= 15 is 0 Å². The lowest BCUT2D eigenvalue weighted by atomic mass is 9.81. The van der Waals surface area contributed by atoms with Crippen LogP contribution in [0.5, 0.6) is 0 Å². The van der Waals surface area contributed by atoms with Crippen molar-refractivity contribution in [1.29, 1.82) is 0 Å². The zero-order valence-electron chi connectivity index (χ0n) is 11.2. The van der Waals surface area contributed by atoms with Crippen LogP contribution in [-0.2, 0) is 9.53 Å². The molecule has 0 fully saturated rings. The highest BCUT2D eigenvalue weighted by Crippen LogP contribution is 2.30. The summed E-state index contributed by atoms with van der Waals surface area (Å²) >= 11 is 0. The van der Waals surface area contributed by atoms with Crippen LogP contribution in [0.2, 0.25) is 0 Å². The van der Waals surface area contributed by atoms with Gasteiger partial charge in [0.2, 0.25) is 0 Å². The van der Waals surface area contributed by atoms with Gasteiger partial charge in [-0.05, 0) is 19.8 Å². The Balaban J connectivity index is 4.14. The summed E-state index contributed by atoms with van der Waals surface area (Å²) in [6, 6.07) is 0. The molecule has 0 spiro atoms. The summed E-state index contributed by atoms with van der Waals surface area (Å²) in [5.41, 5.74) is 0.155. The molecule has 0 rings (SSSR count). The second-order valence-electron chi connectivity index (χ2n) is 4.77. The lowest BCUT2D eigenvalue weighted by Gasteiger charge is -2.28. The predicted octanol–water partition coefficient (Wildman–Crippen LogP) is 4.10.